The van der Waals surface area contributed by atoms with Gasteiger partial charge in [0.05, 0.1) is 13.2 Å². The van der Waals surface area contributed by atoms with Crippen molar-refractivity contribution in [2.24, 2.45) is 11.8 Å². The number of hydrogen-bond acceptors (Lipinski definition) is 7. The molecule has 1 heterocycles. The van der Waals surface area contributed by atoms with Crippen molar-refractivity contribution in [3.05, 3.63) is 35.9 Å². The van der Waals surface area contributed by atoms with Crippen LogP contribution in [0.3, 0.4) is 0 Å². The molecule has 36 heavy (non-hydrogen) atoms. The van der Waals surface area contributed by atoms with Crippen molar-refractivity contribution in [3.63, 3.8) is 0 Å². The molecule has 0 aliphatic carbocycles. The van der Waals surface area contributed by atoms with Gasteiger partial charge in [-0.1, -0.05) is 58.0 Å². The van der Waals surface area contributed by atoms with Gasteiger partial charge >= 0.3 is 6.09 Å². The molecule has 11 nitrogen and oxygen atoms in total. The topological polar surface area (TPSA) is 152 Å². The number of nitrogens with one attached hydrogen (secondary N) is 4. The second-order valence-corrected chi connectivity index (χ2v) is 9.37. The van der Waals surface area contributed by atoms with E-state index in [0.717, 1.165) is 5.56 Å². The Morgan fingerprint density at radius 3 is 2.39 bits per heavy atom. The van der Waals surface area contributed by atoms with Gasteiger partial charge in [-0.25, -0.2) is 4.79 Å². The van der Waals surface area contributed by atoms with E-state index in [9.17, 15) is 24.0 Å². The molecule has 3 unspecified atom stereocenters. The largest absolute Gasteiger partial charge is 0.445 e. The molecule has 1 saturated heterocycles. The minimum atomic E-state index is -1.17. The molecule has 0 radical (unpaired) electrons. The van der Waals surface area contributed by atoms with Crippen LogP contribution in [0.5, 0.6) is 0 Å². The molecule has 1 aromatic carbocycles. The first-order chi connectivity index (χ1) is 17.1. The molecule has 2 rings (SSSR count). The molecule has 0 saturated carbocycles. The zero-order chi connectivity index (χ0) is 26.7. The lowest BCUT2D eigenvalue weighted by atomic mass is 9.99. The van der Waals surface area contributed by atoms with E-state index in [1.807, 2.05) is 44.2 Å². The van der Waals surface area contributed by atoms with Gasteiger partial charge in [0.15, 0.2) is 0 Å². The first kappa shape index (κ1) is 28.8. The highest BCUT2D eigenvalue weighted by atomic mass is 16.5. The molecule has 4 amide bonds. The van der Waals surface area contributed by atoms with Crippen LogP contribution in [0.25, 0.3) is 0 Å². The van der Waals surface area contributed by atoms with Gasteiger partial charge in [-0.15, -0.1) is 0 Å². The van der Waals surface area contributed by atoms with Crippen LogP contribution in [0.4, 0.5) is 4.79 Å². The fourth-order valence-electron chi connectivity index (χ4n) is 3.53. The Labute approximate surface area is 211 Å². The monoisotopic (exact) mass is 504 g/mol. The first-order valence-corrected chi connectivity index (χ1v) is 12.1. The van der Waals surface area contributed by atoms with E-state index < -0.39 is 47.7 Å². The lowest BCUT2D eigenvalue weighted by molar-refractivity contribution is -0.142. The van der Waals surface area contributed by atoms with Crippen molar-refractivity contribution in [3.8, 4) is 0 Å². The third kappa shape index (κ3) is 9.29. The number of carbonyl (C=O) groups is 5. The fraction of sp³-hybridized carbons (Fsp3) is 0.560. The van der Waals surface area contributed by atoms with E-state index in [1.54, 1.807) is 13.8 Å². The molecule has 0 aromatic heterocycles. The minimum Gasteiger partial charge on any atom is -0.445 e. The maximum atomic E-state index is 13.1. The first-order valence-electron chi connectivity index (χ1n) is 12.1. The Morgan fingerprint density at radius 1 is 1.06 bits per heavy atom. The van der Waals surface area contributed by atoms with Gasteiger partial charge in [0.25, 0.3) is 5.91 Å². The normalized spacial score (nSPS) is 17.9. The number of alkyl carbamates (subject to hydrolysis) is 1. The Bertz CT molecular complexity index is 920. The van der Waals surface area contributed by atoms with E-state index in [4.69, 9.17) is 9.47 Å². The Hall–Kier alpha value is -3.47. The molecule has 1 aromatic rings. The lowest BCUT2D eigenvalue weighted by Crippen LogP contribution is -2.59. The Kier molecular flexibility index (Phi) is 11.3. The van der Waals surface area contributed by atoms with Crippen molar-refractivity contribution >= 4 is 29.6 Å². The molecule has 0 spiro atoms. The van der Waals surface area contributed by atoms with E-state index >= 15 is 0 Å². The second-order valence-electron chi connectivity index (χ2n) is 9.37. The van der Waals surface area contributed by atoms with Gasteiger partial charge in [0.1, 0.15) is 24.7 Å². The molecular formula is C25H36N4O7. The average Bonchev–Trinajstić information content (AvgIpc) is 2.83. The zero-order valence-corrected chi connectivity index (χ0v) is 21.2. The molecule has 4 N–H and O–H groups in total. The molecule has 0 bridgehead atoms. The zero-order valence-electron chi connectivity index (χ0n) is 21.2. The molecule has 1 fully saturated rings. The van der Waals surface area contributed by atoms with Gasteiger partial charge in [0, 0.05) is 6.54 Å². The summed E-state index contributed by atoms with van der Waals surface area (Å²) in [4.78, 5) is 62.7. The number of Topliss-reactive ketones (excluding diaryl/α,β-unsaturated/α-hetero) is 1. The standard InChI is InChI=1S/C25H36N4O7/c1-15(2)12-18(22(31)28-19-14-35-11-10-26-24(33)21(19)30)27-23(32)20(16(3)4)29-25(34)36-13-17-8-6-5-7-9-17/h5-9,15-16,18-20H,10-14H2,1-4H3,(H,26,33)(H,27,32)(H,28,31)(H,29,34). The number of hydrogen-bond donors (Lipinski definition) is 4. The number of carbonyl (C=O) groups excluding carboxylic acids is 5. The smallest absolute Gasteiger partial charge is 0.408 e. The van der Waals surface area contributed by atoms with Crippen molar-refractivity contribution in [1.82, 2.24) is 21.3 Å². The molecule has 198 valence electrons. The summed E-state index contributed by atoms with van der Waals surface area (Å²) in [6.07, 6.45) is -0.490. The summed E-state index contributed by atoms with van der Waals surface area (Å²) in [5, 5.41) is 10.2. The van der Waals surface area contributed by atoms with Crippen molar-refractivity contribution in [1.29, 1.82) is 0 Å². The maximum Gasteiger partial charge on any atom is 0.408 e. The number of benzene rings is 1. The molecular weight excluding hydrogens is 468 g/mol. The van der Waals surface area contributed by atoms with Crippen LogP contribution in [0.15, 0.2) is 30.3 Å². The fourth-order valence-corrected chi connectivity index (χ4v) is 3.53. The summed E-state index contributed by atoms with van der Waals surface area (Å²) in [5.41, 5.74) is 0.799. The summed E-state index contributed by atoms with van der Waals surface area (Å²) in [6, 6.07) is 5.98. The van der Waals surface area contributed by atoms with Gasteiger partial charge < -0.3 is 30.7 Å². The summed E-state index contributed by atoms with van der Waals surface area (Å²) >= 11 is 0. The Morgan fingerprint density at radius 2 is 1.75 bits per heavy atom. The second kappa shape index (κ2) is 14.2. The average molecular weight is 505 g/mol. The summed E-state index contributed by atoms with van der Waals surface area (Å²) in [6.45, 7) is 7.57. The van der Waals surface area contributed by atoms with Crippen LogP contribution in [0, 0.1) is 11.8 Å². The highest BCUT2D eigenvalue weighted by Crippen LogP contribution is 2.09. The quantitative estimate of drug-likeness (QED) is 0.342. The third-order valence-electron chi connectivity index (χ3n) is 5.45. The third-order valence-corrected chi connectivity index (χ3v) is 5.45. The molecule has 11 heteroatoms. The van der Waals surface area contributed by atoms with Crippen molar-refractivity contribution in [2.75, 3.05) is 19.8 Å². The van der Waals surface area contributed by atoms with Gasteiger partial charge in [-0.2, -0.15) is 0 Å². The van der Waals surface area contributed by atoms with Gasteiger partial charge in [0.2, 0.25) is 17.6 Å². The highest BCUT2D eigenvalue weighted by Gasteiger charge is 2.33. The van der Waals surface area contributed by atoms with E-state index in [2.05, 4.69) is 21.3 Å². The molecule has 3 atom stereocenters. The summed E-state index contributed by atoms with van der Waals surface area (Å²) < 4.78 is 10.5. The maximum absolute atomic E-state index is 13.1. The SMILES string of the molecule is CC(C)CC(NC(=O)C(NC(=O)OCc1ccccc1)C(C)C)C(=O)NC1COCCNC(=O)C1=O. The predicted octanol–water partition coefficient (Wildman–Crippen LogP) is 0.669. The summed E-state index contributed by atoms with van der Waals surface area (Å²) in [5.74, 6) is -3.09. The van der Waals surface area contributed by atoms with Crippen LogP contribution in [-0.4, -0.2) is 67.5 Å². The van der Waals surface area contributed by atoms with E-state index in [-0.39, 0.29) is 44.6 Å². The highest BCUT2D eigenvalue weighted by molar-refractivity contribution is 6.38. The van der Waals surface area contributed by atoms with Crippen molar-refractivity contribution in [2.45, 2.75) is 58.8 Å². The van der Waals surface area contributed by atoms with Gasteiger partial charge in [-0.3, -0.25) is 19.2 Å². The lowest BCUT2D eigenvalue weighted by Gasteiger charge is -2.27. The minimum absolute atomic E-state index is 0.0231. The molecule has 1 aliphatic heterocycles. The van der Waals surface area contributed by atoms with Crippen LogP contribution in [0.2, 0.25) is 0 Å². The van der Waals surface area contributed by atoms with Crippen LogP contribution in [0.1, 0.15) is 39.7 Å². The van der Waals surface area contributed by atoms with Crippen molar-refractivity contribution < 1.29 is 33.4 Å². The van der Waals surface area contributed by atoms with Crippen LogP contribution in [-0.2, 0) is 35.3 Å². The Balaban J connectivity index is 2.03. The predicted molar refractivity (Wildman–Crippen MR) is 131 cm³/mol. The number of rotatable bonds is 10. The number of ether oxygens (including phenoxy) is 2. The van der Waals surface area contributed by atoms with E-state index in [1.165, 1.54) is 0 Å². The van der Waals surface area contributed by atoms with E-state index in [0.29, 0.717) is 0 Å². The number of amides is 4. The molecule has 1 aliphatic rings. The number of ketones is 1. The van der Waals surface area contributed by atoms with Crippen LogP contribution < -0.4 is 21.3 Å². The summed E-state index contributed by atoms with van der Waals surface area (Å²) in [7, 11) is 0. The van der Waals surface area contributed by atoms with Gasteiger partial charge in [-0.05, 0) is 23.8 Å². The van der Waals surface area contributed by atoms with Crippen LogP contribution >= 0.6 is 0 Å².